The fourth-order valence-electron chi connectivity index (χ4n) is 2.16. The van der Waals surface area contributed by atoms with E-state index < -0.39 is 0 Å². The number of ether oxygens (including phenoxy) is 1. The molecular formula is C16H16BrFO. The van der Waals surface area contributed by atoms with E-state index in [0.29, 0.717) is 0 Å². The smallest absolute Gasteiger partial charge is 0.123 e. The average molecular weight is 323 g/mol. The van der Waals surface area contributed by atoms with E-state index in [0.717, 1.165) is 28.0 Å². The summed E-state index contributed by atoms with van der Waals surface area (Å²) < 4.78 is 18.7. The van der Waals surface area contributed by atoms with Crippen molar-refractivity contribution in [3.63, 3.8) is 0 Å². The van der Waals surface area contributed by atoms with Crippen molar-refractivity contribution < 1.29 is 9.13 Å². The Morgan fingerprint density at radius 2 is 1.79 bits per heavy atom. The van der Waals surface area contributed by atoms with Crippen LogP contribution in [0.2, 0.25) is 0 Å². The molecule has 2 rings (SSSR count). The third-order valence-corrected chi connectivity index (χ3v) is 4.13. The molecule has 0 aliphatic carbocycles. The molecule has 1 unspecified atom stereocenters. The molecule has 0 heterocycles. The second kappa shape index (κ2) is 5.74. The third kappa shape index (κ3) is 3.16. The number of halogens is 2. The van der Waals surface area contributed by atoms with Crippen molar-refractivity contribution in [2.24, 2.45) is 0 Å². The van der Waals surface area contributed by atoms with Gasteiger partial charge in [-0.3, -0.25) is 0 Å². The predicted molar refractivity (Wildman–Crippen MR) is 79.6 cm³/mol. The number of rotatable bonds is 3. The zero-order valence-electron chi connectivity index (χ0n) is 11.2. The molecule has 0 saturated carbocycles. The first-order valence-electron chi connectivity index (χ1n) is 6.07. The van der Waals surface area contributed by atoms with Crippen molar-refractivity contribution in [3.05, 3.63) is 64.5 Å². The molecule has 0 N–H and O–H groups in total. The first-order valence-corrected chi connectivity index (χ1v) is 6.98. The molecule has 2 aromatic rings. The van der Waals surface area contributed by atoms with Gasteiger partial charge in [-0.25, -0.2) is 4.39 Å². The Labute approximate surface area is 121 Å². The minimum Gasteiger partial charge on any atom is -0.496 e. The summed E-state index contributed by atoms with van der Waals surface area (Å²) in [4.78, 5) is -0.0218. The number of hydrogen-bond acceptors (Lipinski definition) is 1. The van der Waals surface area contributed by atoms with E-state index in [4.69, 9.17) is 4.74 Å². The second-order valence-electron chi connectivity index (χ2n) is 4.65. The fraction of sp³-hybridized carbons (Fsp3) is 0.250. The van der Waals surface area contributed by atoms with Crippen molar-refractivity contribution in [1.29, 1.82) is 0 Å². The van der Waals surface area contributed by atoms with Crippen molar-refractivity contribution in [2.75, 3.05) is 7.11 Å². The van der Waals surface area contributed by atoms with E-state index in [1.165, 1.54) is 6.07 Å². The number of benzene rings is 2. The molecule has 2 aromatic carbocycles. The maximum absolute atomic E-state index is 13.5. The second-order valence-corrected chi connectivity index (χ2v) is 5.57. The highest BCUT2D eigenvalue weighted by Gasteiger charge is 2.13. The van der Waals surface area contributed by atoms with Gasteiger partial charge in [-0.05, 0) is 54.3 Å². The van der Waals surface area contributed by atoms with Crippen LogP contribution in [0.3, 0.4) is 0 Å². The van der Waals surface area contributed by atoms with Gasteiger partial charge in [-0.2, -0.15) is 0 Å². The number of hydrogen-bond donors (Lipinski definition) is 0. The van der Waals surface area contributed by atoms with Crippen LogP contribution in [0.15, 0.2) is 36.4 Å². The SMILES string of the molecule is COc1ccc(C(Br)c2cc(C)cc(F)c2)cc1C. The molecule has 0 aliphatic heterocycles. The Morgan fingerprint density at radius 1 is 1.05 bits per heavy atom. The van der Waals surface area contributed by atoms with E-state index in [-0.39, 0.29) is 10.6 Å². The van der Waals surface area contributed by atoms with Crippen LogP contribution >= 0.6 is 15.9 Å². The van der Waals surface area contributed by atoms with Crippen molar-refractivity contribution in [1.82, 2.24) is 0 Å². The van der Waals surface area contributed by atoms with Crippen LogP contribution in [0.1, 0.15) is 27.1 Å². The van der Waals surface area contributed by atoms with E-state index in [9.17, 15) is 4.39 Å². The van der Waals surface area contributed by atoms with Gasteiger partial charge >= 0.3 is 0 Å². The largest absolute Gasteiger partial charge is 0.496 e. The monoisotopic (exact) mass is 322 g/mol. The molecule has 1 nitrogen and oxygen atoms in total. The van der Waals surface area contributed by atoms with Gasteiger partial charge in [0.05, 0.1) is 11.9 Å². The van der Waals surface area contributed by atoms with Gasteiger partial charge in [0, 0.05) is 0 Å². The molecule has 0 amide bonds. The van der Waals surface area contributed by atoms with E-state index >= 15 is 0 Å². The highest BCUT2D eigenvalue weighted by molar-refractivity contribution is 9.09. The molecule has 0 aromatic heterocycles. The fourth-order valence-corrected chi connectivity index (χ4v) is 2.71. The van der Waals surface area contributed by atoms with Gasteiger partial charge in [0.15, 0.2) is 0 Å². The number of alkyl halides is 1. The summed E-state index contributed by atoms with van der Waals surface area (Å²) in [6.45, 7) is 3.89. The Balaban J connectivity index is 2.38. The standard InChI is InChI=1S/C16H16BrFO/c1-10-6-13(9-14(18)7-10)16(17)12-4-5-15(19-3)11(2)8-12/h4-9,16H,1-3H3. The Kier molecular flexibility index (Phi) is 4.25. The molecule has 0 spiro atoms. The quantitative estimate of drug-likeness (QED) is 0.727. The summed E-state index contributed by atoms with van der Waals surface area (Å²) in [5.74, 6) is 0.656. The summed E-state index contributed by atoms with van der Waals surface area (Å²) in [6, 6.07) is 11.1. The minimum atomic E-state index is -0.204. The lowest BCUT2D eigenvalue weighted by atomic mass is 10.0. The topological polar surface area (TPSA) is 9.23 Å². The maximum atomic E-state index is 13.5. The lowest BCUT2D eigenvalue weighted by Gasteiger charge is -2.14. The van der Waals surface area contributed by atoms with Crippen LogP contribution in [0.4, 0.5) is 4.39 Å². The van der Waals surface area contributed by atoms with Crippen molar-refractivity contribution in [3.8, 4) is 5.75 Å². The molecule has 0 radical (unpaired) electrons. The summed E-state index contributed by atoms with van der Waals surface area (Å²) in [6.07, 6.45) is 0. The Hall–Kier alpha value is -1.35. The Morgan fingerprint density at radius 3 is 2.37 bits per heavy atom. The summed E-state index contributed by atoms with van der Waals surface area (Å²) >= 11 is 3.64. The first kappa shape index (κ1) is 14.1. The highest BCUT2D eigenvalue weighted by Crippen LogP contribution is 2.33. The van der Waals surface area contributed by atoms with Gasteiger partial charge < -0.3 is 4.74 Å². The molecule has 19 heavy (non-hydrogen) atoms. The maximum Gasteiger partial charge on any atom is 0.123 e. The van der Waals surface area contributed by atoms with Gasteiger partial charge in [-0.1, -0.05) is 34.1 Å². The van der Waals surface area contributed by atoms with Crippen LogP contribution in [-0.2, 0) is 0 Å². The van der Waals surface area contributed by atoms with Crippen LogP contribution < -0.4 is 4.74 Å². The summed E-state index contributed by atoms with van der Waals surface area (Å²) in [5.41, 5.74) is 3.99. The van der Waals surface area contributed by atoms with Gasteiger partial charge in [0.1, 0.15) is 11.6 Å². The first-order chi connectivity index (χ1) is 9.01. The predicted octanol–water partition coefficient (Wildman–Crippen LogP) is 4.94. The number of methoxy groups -OCH3 is 1. The normalized spacial score (nSPS) is 12.3. The summed E-state index contributed by atoms with van der Waals surface area (Å²) in [7, 11) is 1.66. The molecule has 0 bridgehead atoms. The molecule has 0 saturated heterocycles. The molecule has 0 fully saturated rings. The van der Waals surface area contributed by atoms with E-state index in [1.54, 1.807) is 13.2 Å². The molecule has 0 aliphatic rings. The number of aryl methyl sites for hydroxylation is 2. The third-order valence-electron chi connectivity index (χ3n) is 3.07. The van der Waals surface area contributed by atoms with Crippen molar-refractivity contribution in [2.45, 2.75) is 18.7 Å². The van der Waals surface area contributed by atoms with E-state index in [2.05, 4.69) is 22.0 Å². The lowest BCUT2D eigenvalue weighted by molar-refractivity contribution is 0.411. The van der Waals surface area contributed by atoms with Gasteiger partial charge in [0.25, 0.3) is 0 Å². The van der Waals surface area contributed by atoms with Gasteiger partial charge in [-0.15, -0.1) is 0 Å². The zero-order valence-corrected chi connectivity index (χ0v) is 12.8. The Bertz CT molecular complexity index is 575. The van der Waals surface area contributed by atoms with Gasteiger partial charge in [0.2, 0.25) is 0 Å². The van der Waals surface area contributed by atoms with Crippen LogP contribution in [0.5, 0.6) is 5.75 Å². The van der Waals surface area contributed by atoms with Crippen molar-refractivity contribution >= 4 is 15.9 Å². The van der Waals surface area contributed by atoms with Crippen LogP contribution in [-0.4, -0.2) is 7.11 Å². The molecular weight excluding hydrogens is 307 g/mol. The van der Waals surface area contributed by atoms with Crippen LogP contribution in [0, 0.1) is 19.7 Å². The molecule has 1 atom stereocenters. The average Bonchev–Trinajstić information content (AvgIpc) is 2.36. The summed E-state index contributed by atoms with van der Waals surface area (Å²) in [5, 5.41) is 0. The zero-order chi connectivity index (χ0) is 14.0. The minimum absolute atomic E-state index is 0.0218. The van der Waals surface area contributed by atoms with E-state index in [1.807, 2.05) is 32.0 Å². The van der Waals surface area contributed by atoms with Crippen LogP contribution in [0.25, 0.3) is 0 Å². The molecule has 100 valence electrons. The lowest BCUT2D eigenvalue weighted by Crippen LogP contribution is -1.96. The highest BCUT2D eigenvalue weighted by atomic mass is 79.9. The molecule has 3 heteroatoms.